The van der Waals surface area contributed by atoms with Gasteiger partial charge in [-0.1, -0.05) is 12.1 Å². The van der Waals surface area contributed by atoms with E-state index in [1.54, 1.807) is 24.3 Å². The Kier molecular flexibility index (Phi) is 4.15. The molecule has 4 rings (SSSR count). The van der Waals surface area contributed by atoms with Crippen LogP contribution in [0.1, 0.15) is 29.9 Å². The van der Waals surface area contributed by atoms with Gasteiger partial charge in [0, 0.05) is 29.1 Å². The Morgan fingerprint density at radius 3 is 2.15 bits per heavy atom. The molecule has 2 aromatic rings. The lowest BCUT2D eigenvalue weighted by molar-refractivity contribution is -0.0328. The first-order valence-electron chi connectivity index (χ1n) is 8.47. The number of halogens is 3. The van der Waals surface area contributed by atoms with Crippen molar-refractivity contribution in [2.45, 2.75) is 29.2 Å². The Hall–Kier alpha value is -2.13. The normalized spacial score (nSPS) is 18.9. The summed E-state index contributed by atoms with van der Waals surface area (Å²) < 4.78 is 37.2. The average molecular weight is 374 g/mol. The van der Waals surface area contributed by atoms with E-state index in [1.165, 1.54) is 5.56 Å². The molecule has 134 valence electrons. The van der Waals surface area contributed by atoms with Gasteiger partial charge in [0.2, 0.25) is 0 Å². The van der Waals surface area contributed by atoms with Crippen LogP contribution in [0.5, 0.6) is 0 Å². The summed E-state index contributed by atoms with van der Waals surface area (Å²) in [6, 6.07) is 16.6. The highest BCUT2D eigenvalue weighted by molar-refractivity contribution is 8.00. The van der Waals surface area contributed by atoms with Crippen molar-refractivity contribution < 1.29 is 13.2 Å². The van der Waals surface area contributed by atoms with Crippen molar-refractivity contribution in [3.8, 4) is 6.07 Å². The minimum Gasteiger partial charge on any atom is -0.370 e. The van der Waals surface area contributed by atoms with Crippen molar-refractivity contribution in [1.82, 2.24) is 0 Å². The number of hydrogen-bond acceptors (Lipinski definition) is 3. The van der Waals surface area contributed by atoms with Crippen molar-refractivity contribution in [2.75, 3.05) is 18.0 Å². The fraction of sp³-hybridized carbons (Fsp3) is 0.350. The number of anilines is 1. The third kappa shape index (κ3) is 3.41. The van der Waals surface area contributed by atoms with E-state index in [0.717, 1.165) is 31.6 Å². The van der Waals surface area contributed by atoms with Gasteiger partial charge in [-0.2, -0.15) is 18.4 Å². The van der Waals surface area contributed by atoms with Crippen LogP contribution in [-0.2, 0) is 0 Å². The van der Waals surface area contributed by atoms with Gasteiger partial charge in [-0.25, -0.2) is 0 Å². The molecule has 0 unspecified atom stereocenters. The molecule has 26 heavy (non-hydrogen) atoms. The number of thioether (sulfide) groups is 1. The monoisotopic (exact) mass is 374 g/mol. The van der Waals surface area contributed by atoms with E-state index in [1.807, 2.05) is 24.3 Å². The van der Waals surface area contributed by atoms with Gasteiger partial charge >= 0.3 is 5.51 Å². The van der Waals surface area contributed by atoms with Gasteiger partial charge < -0.3 is 4.90 Å². The molecule has 2 aromatic carbocycles. The van der Waals surface area contributed by atoms with Crippen LogP contribution in [0.3, 0.4) is 0 Å². The Morgan fingerprint density at radius 2 is 1.62 bits per heavy atom. The highest BCUT2D eigenvalue weighted by Crippen LogP contribution is 2.56. The van der Waals surface area contributed by atoms with Crippen LogP contribution in [0.4, 0.5) is 18.9 Å². The molecule has 1 saturated carbocycles. The average Bonchev–Trinajstić information content (AvgIpc) is 2.53. The standard InChI is InChI=1S/C20H17F3N2S/c21-20(22,23)26-18-7-5-17(6-8-18)25-12-19(13-25)9-16(10-19)15-3-1-14(11-24)2-4-15/h1-8,16H,9-10,12-13H2. The molecular weight excluding hydrogens is 357 g/mol. The lowest BCUT2D eigenvalue weighted by atomic mass is 9.56. The van der Waals surface area contributed by atoms with E-state index < -0.39 is 5.51 Å². The zero-order valence-corrected chi connectivity index (χ0v) is 14.8. The van der Waals surface area contributed by atoms with Crippen molar-refractivity contribution in [3.05, 3.63) is 59.7 Å². The molecule has 6 heteroatoms. The highest BCUT2D eigenvalue weighted by Gasteiger charge is 2.52. The summed E-state index contributed by atoms with van der Waals surface area (Å²) >= 11 is -0.0759. The Bertz CT molecular complexity index is 823. The fourth-order valence-corrected chi connectivity index (χ4v) is 4.65. The first-order valence-corrected chi connectivity index (χ1v) is 9.28. The Balaban J connectivity index is 1.31. The van der Waals surface area contributed by atoms with Gasteiger partial charge in [-0.05, 0) is 72.5 Å². The van der Waals surface area contributed by atoms with Crippen molar-refractivity contribution >= 4 is 17.4 Å². The van der Waals surface area contributed by atoms with Crippen LogP contribution >= 0.6 is 11.8 Å². The number of benzene rings is 2. The first kappa shape index (κ1) is 17.3. The SMILES string of the molecule is N#Cc1ccc(C2CC3(C2)CN(c2ccc(SC(F)(F)F)cc2)C3)cc1. The number of nitriles is 1. The molecule has 1 aliphatic heterocycles. The fourth-order valence-electron chi connectivity index (χ4n) is 4.11. The van der Waals surface area contributed by atoms with Crippen molar-refractivity contribution in [2.24, 2.45) is 5.41 Å². The predicted molar refractivity (Wildman–Crippen MR) is 96.1 cm³/mol. The van der Waals surface area contributed by atoms with Crippen molar-refractivity contribution in [1.29, 1.82) is 5.26 Å². The topological polar surface area (TPSA) is 27.0 Å². The van der Waals surface area contributed by atoms with Crippen LogP contribution in [-0.4, -0.2) is 18.6 Å². The second-order valence-corrected chi connectivity index (χ2v) is 8.38. The number of alkyl halides is 3. The van der Waals surface area contributed by atoms with Crippen LogP contribution in [0.2, 0.25) is 0 Å². The predicted octanol–water partition coefficient (Wildman–Crippen LogP) is 5.55. The van der Waals surface area contributed by atoms with Crippen LogP contribution in [0.15, 0.2) is 53.4 Å². The molecule has 0 aromatic heterocycles. The third-order valence-corrected chi connectivity index (χ3v) is 6.10. The summed E-state index contributed by atoms with van der Waals surface area (Å²) in [4.78, 5) is 2.46. The quantitative estimate of drug-likeness (QED) is 0.659. The minimum atomic E-state index is -4.24. The summed E-state index contributed by atoms with van der Waals surface area (Å²) in [5, 5.41) is 8.87. The van der Waals surface area contributed by atoms with E-state index >= 15 is 0 Å². The van der Waals surface area contributed by atoms with Gasteiger partial charge in [0.1, 0.15) is 0 Å². The molecule has 2 fully saturated rings. The van der Waals surface area contributed by atoms with E-state index in [4.69, 9.17) is 5.26 Å². The molecule has 0 radical (unpaired) electrons. The Labute approximate surface area is 154 Å². The molecule has 1 aliphatic carbocycles. The number of rotatable bonds is 3. The lowest BCUT2D eigenvalue weighted by Gasteiger charge is -2.60. The van der Waals surface area contributed by atoms with Crippen LogP contribution < -0.4 is 4.90 Å². The third-order valence-electron chi connectivity index (χ3n) is 5.36. The summed E-state index contributed by atoms with van der Waals surface area (Å²) in [7, 11) is 0. The maximum Gasteiger partial charge on any atom is 0.446 e. The minimum absolute atomic E-state index is 0.0759. The lowest BCUT2D eigenvalue weighted by Crippen LogP contribution is -2.61. The van der Waals surface area contributed by atoms with Crippen LogP contribution in [0, 0.1) is 16.7 Å². The molecule has 1 spiro atoms. The number of nitrogens with zero attached hydrogens (tertiary/aromatic N) is 2. The first-order chi connectivity index (χ1) is 12.4. The van der Waals surface area contributed by atoms with Crippen LogP contribution in [0.25, 0.3) is 0 Å². The van der Waals surface area contributed by atoms with E-state index in [-0.39, 0.29) is 16.7 Å². The van der Waals surface area contributed by atoms with E-state index in [0.29, 0.717) is 16.9 Å². The molecule has 1 saturated heterocycles. The second-order valence-electron chi connectivity index (χ2n) is 7.24. The molecule has 2 aliphatic rings. The zero-order valence-electron chi connectivity index (χ0n) is 14.0. The summed E-state index contributed by atoms with van der Waals surface area (Å²) in [6.45, 7) is 1.93. The highest BCUT2D eigenvalue weighted by atomic mass is 32.2. The molecule has 2 nitrogen and oxygen atoms in total. The summed E-state index contributed by atoms with van der Waals surface area (Å²) in [5.74, 6) is 0.551. The van der Waals surface area contributed by atoms with Gasteiger partial charge in [-0.3, -0.25) is 0 Å². The maximum atomic E-state index is 12.4. The maximum absolute atomic E-state index is 12.4. The van der Waals surface area contributed by atoms with Gasteiger partial charge in [-0.15, -0.1) is 0 Å². The summed E-state index contributed by atoms with van der Waals surface area (Å²) in [6.07, 6.45) is 2.27. The zero-order chi connectivity index (χ0) is 18.4. The van der Waals surface area contributed by atoms with Gasteiger partial charge in [0.15, 0.2) is 0 Å². The van der Waals surface area contributed by atoms with Gasteiger partial charge in [0.25, 0.3) is 0 Å². The molecule has 1 heterocycles. The molecule has 0 N–H and O–H groups in total. The Morgan fingerprint density at radius 1 is 1.00 bits per heavy atom. The largest absolute Gasteiger partial charge is 0.446 e. The smallest absolute Gasteiger partial charge is 0.370 e. The van der Waals surface area contributed by atoms with E-state index in [2.05, 4.69) is 11.0 Å². The molecule has 0 atom stereocenters. The molecular formula is C20H17F3N2S. The van der Waals surface area contributed by atoms with E-state index in [9.17, 15) is 13.2 Å². The molecule has 0 amide bonds. The second kappa shape index (κ2) is 6.24. The number of hydrogen-bond donors (Lipinski definition) is 0. The molecule has 0 bridgehead atoms. The van der Waals surface area contributed by atoms with Crippen molar-refractivity contribution in [3.63, 3.8) is 0 Å². The van der Waals surface area contributed by atoms with Gasteiger partial charge in [0.05, 0.1) is 11.6 Å². The summed E-state index contributed by atoms with van der Waals surface area (Å²) in [5.41, 5.74) is -0.928.